The molecule has 0 aliphatic heterocycles. The molecule has 1 heterocycles. The molecule has 1 aromatic heterocycles. The maximum atomic E-state index is 4.07. The fourth-order valence-electron chi connectivity index (χ4n) is 0.797. The van der Waals surface area contributed by atoms with E-state index in [9.17, 15) is 0 Å². The van der Waals surface area contributed by atoms with Crippen molar-refractivity contribution < 1.29 is 0 Å². The third kappa shape index (κ3) is 1.79. The molecule has 0 aliphatic rings. The number of hydrogen-bond acceptors (Lipinski definition) is 2. The van der Waals surface area contributed by atoms with E-state index in [4.69, 9.17) is 0 Å². The van der Waals surface area contributed by atoms with Crippen LogP contribution < -0.4 is 0 Å². The summed E-state index contributed by atoms with van der Waals surface area (Å²) in [6.07, 6.45) is 2.00. The van der Waals surface area contributed by atoms with Crippen LogP contribution in [0.4, 0.5) is 0 Å². The Morgan fingerprint density at radius 3 is 2.36 bits per heavy atom. The summed E-state index contributed by atoms with van der Waals surface area (Å²) in [5.41, 5.74) is 1.17. The molecule has 0 aromatic carbocycles. The van der Waals surface area contributed by atoms with Gasteiger partial charge in [0.05, 0.1) is 5.69 Å². The Kier molecular flexibility index (Phi) is 1.98. The summed E-state index contributed by atoms with van der Waals surface area (Å²) < 4.78 is 1.85. The Balaban J connectivity index is 2.89. The summed E-state index contributed by atoms with van der Waals surface area (Å²) in [5, 5.41) is 8.04. The van der Waals surface area contributed by atoms with E-state index in [0.717, 1.165) is 12.2 Å². The van der Waals surface area contributed by atoms with Crippen LogP contribution in [0.3, 0.4) is 0 Å². The Morgan fingerprint density at radius 1 is 1.45 bits per heavy atom. The molecule has 0 amide bonds. The van der Waals surface area contributed by atoms with Gasteiger partial charge in [-0.3, -0.25) is 4.68 Å². The number of aryl methyl sites for hydroxylation is 1. The second kappa shape index (κ2) is 2.64. The Morgan fingerprint density at radius 2 is 2.09 bits per heavy atom. The van der Waals surface area contributed by atoms with E-state index in [1.165, 1.54) is 0 Å². The van der Waals surface area contributed by atoms with Crippen molar-refractivity contribution in [2.45, 2.75) is 39.7 Å². The minimum absolute atomic E-state index is 0.118. The number of hydrogen-bond donors (Lipinski definition) is 0. The van der Waals surface area contributed by atoms with E-state index in [0.29, 0.717) is 0 Å². The quantitative estimate of drug-likeness (QED) is 0.613. The van der Waals surface area contributed by atoms with Gasteiger partial charge in [0, 0.05) is 18.2 Å². The molecule has 0 N–H and O–H groups in total. The molecule has 0 fully saturated rings. The zero-order valence-electron chi connectivity index (χ0n) is 7.63. The Bertz CT molecular complexity index is 232. The van der Waals surface area contributed by atoms with Crippen molar-refractivity contribution >= 4 is 0 Å². The molecule has 3 heteroatoms. The van der Waals surface area contributed by atoms with Gasteiger partial charge in [0.1, 0.15) is 0 Å². The van der Waals surface area contributed by atoms with E-state index >= 15 is 0 Å². The van der Waals surface area contributed by atoms with Crippen LogP contribution in [0.5, 0.6) is 0 Å². The molecular formula is C8H15N3. The molecule has 3 nitrogen and oxygen atoms in total. The SMILES string of the molecule is CCn1cc(C(C)(C)C)nn1. The van der Waals surface area contributed by atoms with Gasteiger partial charge in [-0.2, -0.15) is 0 Å². The lowest BCUT2D eigenvalue weighted by atomic mass is 9.93. The average molecular weight is 153 g/mol. The van der Waals surface area contributed by atoms with Crippen LogP contribution in [-0.2, 0) is 12.0 Å². The molecule has 0 aliphatic carbocycles. The number of nitrogens with zero attached hydrogens (tertiary/aromatic N) is 3. The van der Waals surface area contributed by atoms with Crippen LogP contribution in [0, 0.1) is 0 Å². The molecule has 0 atom stereocenters. The highest BCUT2D eigenvalue weighted by Gasteiger charge is 2.16. The second-order valence-corrected chi connectivity index (χ2v) is 3.71. The standard InChI is InChI=1S/C8H15N3/c1-5-11-6-7(9-10-11)8(2,3)4/h6H,5H2,1-4H3. The first-order valence-electron chi connectivity index (χ1n) is 3.94. The van der Waals surface area contributed by atoms with Crippen LogP contribution in [0.25, 0.3) is 0 Å². The van der Waals surface area contributed by atoms with E-state index in [1.54, 1.807) is 0 Å². The number of rotatable bonds is 1. The molecule has 1 rings (SSSR count). The van der Waals surface area contributed by atoms with E-state index in [2.05, 4.69) is 38.0 Å². The largest absolute Gasteiger partial charge is 0.253 e. The summed E-state index contributed by atoms with van der Waals surface area (Å²) in [6.45, 7) is 9.36. The highest BCUT2D eigenvalue weighted by Crippen LogP contribution is 2.18. The Hall–Kier alpha value is -0.860. The lowest BCUT2D eigenvalue weighted by Gasteiger charge is -2.12. The molecule has 0 saturated heterocycles. The molecule has 62 valence electrons. The number of aromatic nitrogens is 3. The first kappa shape index (κ1) is 8.24. The van der Waals surface area contributed by atoms with Gasteiger partial charge in [-0.15, -0.1) is 5.10 Å². The molecule has 0 saturated carbocycles. The maximum Gasteiger partial charge on any atom is 0.0880 e. The highest BCUT2D eigenvalue weighted by molar-refractivity contribution is 5.05. The predicted molar refractivity (Wildman–Crippen MR) is 44.4 cm³/mol. The molecule has 0 radical (unpaired) electrons. The van der Waals surface area contributed by atoms with E-state index in [1.807, 2.05) is 10.9 Å². The molecule has 11 heavy (non-hydrogen) atoms. The summed E-state index contributed by atoms with van der Waals surface area (Å²) in [6, 6.07) is 0. The van der Waals surface area contributed by atoms with Gasteiger partial charge < -0.3 is 0 Å². The summed E-state index contributed by atoms with van der Waals surface area (Å²) >= 11 is 0. The van der Waals surface area contributed by atoms with Crippen LogP contribution in [-0.4, -0.2) is 15.0 Å². The third-order valence-electron chi connectivity index (χ3n) is 1.63. The van der Waals surface area contributed by atoms with Gasteiger partial charge in [0.25, 0.3) is 0 Å². The Labute approximate surface area is 67.4 Å². The highest BCUT2D eigenvalue weighted by atomic mass is 15.4. The summed E-state index contributed by atoms with van der Waals surface area (Å²) in [7, 11) is 0. The first-order chi connectivity index (χ1) is 5.04. The summed E-state index contributed by atoms with van der Waals surface area (Å²) in [4.78, 5) is 0. The lowest BCUT2D eigenvalue weighted by molar-refractivity contribution is 0.566. The second-order valence-electron chi connectivity index (χ2n) is 3.71. The lowest BCUT2D eigenvalue weighted by Crippen LogP contribution is -2.11. The van der Waals surface area contributed by atoms with Gasteiger partial charge in [0.15, 0.2) is 0 Å². The van der Waals surface area contributed by atoms with Crippen molar-refractivity contribution in [3.63, 3.8) is 0 Å². The molecule has 1 aromatic rings. The fourth-order valence-corrected chi connectivity index (χ4v) is 0.797. The predicted octanol–water partition coefficient (Wildman–Crippen LogP) is 1.60. The third-order valence-corrected chi connectivity index (χ3v) is 1.63. The van der Waals surface area contributed by atoms with E-state index < -0.39 is 0 Å². The topological polar surface area (TPSA) is 30.7 Å². The van der Waals surface area contributed by atoms with Crippen molar-refractivity contribution in [1.29, 1.82) is 0 Å². The fraction of sp³-hybridized carbons (Fsp3) is 0.750. The van der Waals surface area contributed by atoms with Crippen LogP contribution in [0.2, 0.25) is 0 Å². The van der Waals surface area contributed by atoms with Gasteiger partial charge >= 0.3 is 0 Å². The van der Waals surface area contributed by atoms with Crippen LogP contribution in [0.15, 0.2) is 6.20 Å². The minimum atomic E-state index is 0.118. The van der Waals surface area contributed by atoms with Crippen molar-refractivity contribution in [2.75, 3.05) is 0 Å². The van der Waals surface area contributed by atoms with Gasteiger partial charge in [-0.05, 0) is 6.92 Å². The van der Waals surface area contributed by atoms with Crippen molar-refractivity contribution in [3.8, 4) is 0 Å². The normalized spacial score (nSPS) is 12.0. The minimum Gasteiger partial charge on any atom is -0.253 e. The van der Waals surface area contributed by atoms with Gasteiger partial charge in [-0.1, -0.05) is 26.0 Å². The van der Waals surface area contributed by atoms with E-state index in [-0.39, 0.29) is 5.41 Å². The molecule has 0 spiro atoms. The van der Waals surface area contributed by atoms with Crippen molar-refractivity contribution in [1.82, 2.24) is 15.0 Å². The molecular weight excluding hydrogens is 138 g/mol. The van der Waals surface area contributed by atoms with Gasteiger partial charge in [-0.25, -0.2) is 0 Å². The average Bonchev–Trinajstić information content (AvgIpc) is 2.32. The first-order valence-corrected chi connectivity index (χ1v) is 3.94. The molecule has 0 unspecified atom stereocenters. The zero-order chi connectivity index (χ0) is 8.48. The maximum absolute atomic E-state index is 4.07. The zero-order valence-corrected chi connectivity index (χ0v) is 7.63. The monoisotopic (exact) mass is 153 g/mol. The van der Waals surface area contributed by atoms with Crippen molar-refractivity contribution in [2.24, 2.45) is 0 Å². The molecule has 0 bridgehead atoms. The summed E-state index contributed by atoms with van der Waals surface area (Å²) in [5.74, 6) is 0. The smallest absolute Gasteiger partial charge is 0.0880 e. The van der Waals surface area contributed by atoms with Crippen LogP contribution >= 0.6 is 0 Å². The van der Waals surface area contributed by atoms with Crippen LogP contribution in [0.1, 0.15) is 33.4 Å². The van der Waals surface area contributed by atoms with Gasteiger partial charge in [0.2, 0.25) is 0 Å². The van der Waals surface area contributed by atoms with Crippen molar-refractivity contribution in [3.05, 3.63) is 11.9 Å².